The van der Waals surface area contributed by atoms with Crippen molar-refractivity contribution in [2.75, 3.05) is 20.8 Å². The van der Waals surface area contributed by atoms with Gasteiger partial charge in [0, 0.05) is 25.1 Å². The van der Waals surface area contributed by atoms with Crippen LogP contribution in [0.4, 0.5) is 0 Å². The lowest BCUT2D eigenvalue weighted by molar-refractivity contribution is -0.293. The zero-order valence-electron chi connectivity index (χ0n) is 19.8. The van der Waals surface area contributed by atoms with Crippen LogP contribution in [0.25, 0.3) is 5.65 Å². The fourth-order valence-corrected chi connectivity index (χ4v) is 4.17. The van der Waals surface area contributed by atoms with Crippen molar-refractivity contribution in [1.29, 1.82) is 0 Å². The third kappa shape index (κ3) is 5.12. The first-order valence-electron chi connectivity index (χ1n) is 11.1. The van der Waals surface area contributed by atoms with Gasteiger partial charge in [0.25, 0.3) is 0 Å². The molecule has 0 spiro atoms. The van der Waals surface area contributed by atoms with Gasteiger partial charge in [-0.3, -0.25) is 0 Å². The highest BCUT2D eigenvalue weighted by Gasteiger charge is 2.47. The average molecular weight is 523 g/mol. The molecule has 1 aliphatic heterocycles. The summed E-state index contributed by atoms with van der Waals surface area (Å²) < 4.78 is 29.0. The number of carbonyl (C=O) groups excluding carboxylic acids is 1. The number of nitrogens with zero attached hydrogens (tertiary/aromatic N) is 2. The molecule has 0 unspecified atom stereocenters. The average Bonchev–Trinajstić information content (AvgIpc) is 3.30. The second-order valence-corrected chi connectivity index (χ2v) is 8.62. The fourth-order valence-electron chi connectivity index (χ4n) is 3.95. The number of carbonyl (C=O) groups is 1. The molecule has 1 fully saturated rings. The first kappa shape index (κ1) is 26.1. The zero-order valence-corrected chi connectivity index (χ0v) is 20.6. The van der Waals surface area contributed by atoms with Gasteiger partial charge in [0.05, 0.1) is 24.4 Å². The van der Waals surface area contributed by atoms with E-state index in [0.717, 1.165) is 11.3 Å². The van der Waals surface area contributed by atoms with Crippen LogP contribution >= 0.6 is 11.6 Å². The molecule has 0 bridgehead atoms. The van der Waals surface area contributed by atoms with Gasteiger partial charge >= 0.3 is 5.97 Å². The molecule has 5 atom stereocenters. The van der Waals surface area contributed by atoms with Gasteiger partial charge in [0.1, 0.15) is 47.6 Å². The zero-order chi connectivity index (χ0) is 26.0. The Morgan fingerprint density at radius 3 is 2.64 bits per heavy atom. The van der Waals surface area contributed by atoms with Crippen LogP contribution in [0.1, 0.15) is 21.7 Å². The van der Waals surface area contributed by atoms with Crippen molar-refractivity contribution < 1.29 is 43.8 Å². The van der Waals surface area contributed by atoms with Crippen molar-refractivity contribution in [3.05, 3.63) is 58.5 Å². The predicted octanol–water partition coefficient (Wildman–Crippen LogP) is 1.49. The molecule has 12 heteroatoms. The SMILES string of the molecule is COc1cc(OCc2cn3c(C)cccc3n2)c(Cl)cc1C(=O)O[C@H]1[C@@H](OC)O[C@H](CO)[C@@H](O)[C@@H]1O. The number of hydrogen-bond acceptors (Lipinski definition) is 10. The molecule has 11 nitrogen and oxygen atoms in total. The van der Waals surface area contributed by atoms with Crippen LogP contribution in [-0.4, -0.2) is 82.2 Å². The minimum atomic E-state index is -1.57. The summed E-state index contributed by atoms with van der Waals surface area (Å²) in [6.07, 6.45) is -4.90. The largest absolute Gasteiger partial charge is 0.496 e. The summed E-state index contributed by atoms with van der Waals surface area (Å²) in [5.41, 5.74) is 2.45. The van der Waals surface area contributed by atoms with Gasteiger partial charge in [0.15, 0.2) is 12.4 Å². The van der Waals surface area contributed by atoms with E-state index in [9.17, 15) is 20.1 Å². The molecule has 1 aromatic carbocycles. The number of halogens is 1. The monoisotopic (exact) mass is 522 g/mol. The number of rotatable bonds is 8. The standard InChI is InChI=1S/C24H27ClN2O9/c1-12-5-4-6-19-26-13(9-27(12)19)11-34-17-8-16(32-2)14(7-15(17)25)23(31)36-22-21(30)20(29)18(10-28)35-24(22)33-3/h4-9,18,20-22,24,28-30H,10-11H2,1-3H3/t18-,20-,21+,22-,24+/m1/s1. The molecule has 0 radical (unpaired) electrons. The number of pyridine rings is 1. The first-order chi connectivity index (χ1) is 17.3. The van der Waals surface area contributed by atoms with Crippen molar-refractivity contribution in [2.24, 2.45) is 0 Å². The number of aryl methyl sites for hydroxylation is 1. The molecular weight excluding hydrogens is 496 g/mol. The Morgan fingerprint density at radius 2 is 1.97 bits per heavy atom. The molecule has 0 amide bonds. The summed E-state index contributed by atoms with van der Waals surface area (Å²) in [5.74, 6) is -0.532. The molecular formula is C24H27ClN2O9. The summed E-state index contributed by atoms with van der Waals surface area (Å²) in [6.45, 7) is 1.54. The molecule has 3 aromatic rings. The van der Waals surface area contributed by atoms with Gasteiger partial charge in [-0.2, -0.15) is 0 Å². The number of imidazole rings is 1. The third-order valence-electron chi connectivity index (χ3n) is 5.90. The van der Waals surface area contributed by atoms with E-state index in [0.29, 0.717) is 5.69 Å². The van der Waals surface area contributed by atoms with Gasteiger partial charge in [-0.1, -0.05) is 17.7 Å². The smallest absolute Gasteiger partial charge is 0.342 e. The molecule has 2 aromatic heterocycles. The third-order valence-corrected chi connectivity index (χ3v) is 6.19. The van der Waals surface area contributed by atoms with Crippen LogP contribution in [0, 0.1) is 6.92 Å². The molecule has 3 N–H and O–H groups in total. The van der Waals surface area contributed by atoms with Gasteiger partial charge in [-0.15, -0.1) is 0 Å². The minimum absolute atomic E-state index is 0.0426. The Morgan fingerprint density at radius 1 is 1.19 bits per heavy atom. The van der Waals surface area contributed by atoms with Crippen LogP contribution in [0.2, 0.25) is 5.02 Å². The Balaban J connectivity index is 1.51. The molecule has 1 saturated heterocycles. The van der Waals surface area contributed by atoms with Crippen molar-refractivity contribution in [3.63, 3.8) is 0 Å². The number of hydrogen-bond donors (Lipinski definition) is 3. The molecule has 194 valence electrons. The lowest BCUT2D eigenvalue weighted by Crippen LogP contribution is -2.60. The molecule has 3 heterocycles. The van der Waals surface area contributed by atoms with Crippen LogP contribution in [-0.2, 0) is 20.8 Å². The molecule has 4 rings (SSSR count). The maximum Gasteiger partial charge on any atom is 0.342 e. The second-order valence-electron chi connectivity index (χ2n) is 8.21. The first-order valence-corrected chi connectivity index (χ1v) is 11.4. The molecule has 0 saturated carbocycles. The second kappa shape index (κ2) is 11.0. The summed E-state index contributed by atoms with van der Waals surface area (Å²) in [6, 6.07) is 8.53. The van der Waals surface area contributed by atoms with Gasteiger partial charge in [-0.05, 0) is 25.1 Å². The number of aliphatic hydroxyl groups excluding tert-OH is 3. The number of esters is 1. The van der Waals surface area contributed by atoms with Crippen molar-refractivity contribution in [1.82, 2.24) is 9.38 Å². The van der Waals surface area contributed by atoms with Gasteiger partial charge in [0.2, 0.25) is 0 Å². The van der Waals surface area contributed by atoms with Crippen molar-refractivity contribution >= 4 is 23.2 Å². The van der Waals surface area contributed by atoms with E-state index >= 15 is 0 Å². The van der Waals surface area contributed by atoms with E-state index < -0.39 is 43.3 Å². The Labute approximate surface area is 211 Å². The Kier molecular flexibility index (Phi) is 7.98. The predicted molar refractivity (Wildman–Crippen MR) is 126 cm³/mol. The maximum absolute atomic E-state index is 13.0. The normalized spacial score (nSPS) is 24.0. The van der Waals surface area contributed by atoms with E-state index in [-0.39, 0.29) is 28.7 Å². The number of methoxy groups -OCH3 is 2. The summed E-state index contributed by atoms with van der Waals surface area (Å²) in [4.78, 5) is 17.5. The lowest BCUT2D eigenvalue weighted by Gasteiger charge is -2.40. The number of ether oxygens (including phenoxy) is 5. The van der Waals surface area contributed by atoms with E-state index in [1.54, 1.807) is 0 Å². The van der Waals surface area contributed by atoms with E-state index in [2.05, 4.69) is 4.98 Å². The highest BCUT2D eigenvalue weighted by Crippen LogP contribution is 2.35. The topological polar surface area (TPSA) is 141 Å². The summed E-state index contributed by atoms with van der Waals surface area (Å²) in [7, 11) is 2.64. The van der Waals surface area contributed by atoms with Crippen LogP contribution < -0.4 is 9.47 Å². The number of aliphatic hydroxyl groups is 3. The van der Waals surface area contributed by atoms with E-state index in [4.69, 9.17) is 35.3 Å². The molecule has 36 heavy (non-hydrogen) atoms. The molecule has 1 aliphatic rings. The van der Waals surface area contributed by atoms with Gasteiger partial charge in [-0.25, -0.2) is 9.78 Å². The van der Waals surface area contributed by atoms with E-state index in [1.807, 2.05) is 35.7 Å². The van der Waals surface area contributed by atoms with Crippen LogP contribution in [0.5, 0.6) is 11.5 Å². The summed E-state index contributed by atoms with van der Waals surface area (Å²) >= 11 is 6.38. The fraction of sp³-hybridized carbons (Fsp3) is 0.417. The Bertz CT molecular complexity index is 1230. The summed E-state index contributed by atoms with van der Waals surface area (Å²) in [5, 5.41) is 30.0. The highest BCUT2D eigenvalue weighted by atomic mass is 35.5. The van der Waals surface area contributed by atoms with E-state index in [1.165, 1.54) is 26.4 Å². The number of fused-ring (bicyclic) bond motifs is 1. The van der Waals surface area contributed by atoms with Crippen molar-refractivity contribution in [2.45, 2.75) is 44.2 Å². The Hall–Kier alpha value is -2.93. The van der Waals surface area contributed by atoms with Crippen LogP contribution in [0.3, 0.4) is 0 Å². The lowest BCUT2D eigenvalue weighted by atomic mass is 9.99. The maximum atomic E-state index is 13.0. The van der Waals surface area contributed by atoms with Crippen LogP contribution in [0.15, 0.2) is 36.5 Å². The highest BCUT2D eigenvalue weighted by molar-refractivity contribution is 6.32. The number of benzene rings is 1. The van der Waals surface area contributed by atoms with Gasteiger partial charge < -0.3 is 43.4 Å². The molecule has 0 aliphatic carbocycles. The quantitative estimate of drug-likeness (QED) is 0.372. The minimum Gasteiger partial charge on any atom is -0.496 e. The van der Waals surface area contributed by atoms with Crippen molar-refractivity contribution in [3.8, 4) is 11.5 Å². The number of aromatic nitrogens is 2.